The normalized spacial score (nSPS) is 19.6. The molecule has 0 N–H and O–H groups in total. The smallest absolute Gasteiger partial charge is 0.242 e. The molecule has 1 amide bonds. The van der Waals surface area contributed by atoms with Gasteiger partial charge < -0.3 is 14.2 Å². The third kappa shape index (κ3) is 4.51. The number of thioether (sulfide) groups is 1. The van der Waals surface area contributed by atoms with Crippen molar-refractivity contribution in [2.24, 2.45) is 0 Å². The number of hydrogen-bond acceptors (Lipinski definition) is 3. The van der Waals surface area contributed by atoms with E-state index < -0.39 is 0 Å². The van der Waals surface area contributed by atoms with Crippen LogP contribution in [0.25, 0.3) is 10.9 Å². The lowest BCUT2D eigenvalue weighted by atomic mass is 10.1. The molecule has 5 heteroatoms. The molecule has 0 radical (unpaired) electrons. The predicted octanol–water partition coefficient (Wildman–Crippen LogP) is 4.88. The SMILES string of the molecule is Cc1ccccc1CSc1cn(CC(=O)N2C[C@H](C)O[C@@H](C)C2)c2ccccc12. The Bertz CT molecular complexity index is 1000. The number of aromatic nitrogens is 1. The zero-order valence-electron chi connectivity index (χ0n) is 17.3. The molecule has 2 atom stereocenters. The molecule has 1 fully saturated rings. The van der Waals surface area contributed by atoms with E-state index in [0.29, 0.717) is 19.6 Å². The van der Waals surface area contributed by atoms with E-state index in [1.807, 2.05) is 36.6 Å². The second kappa shape index (κ2) is 8.64. The van der Waals surface area contributed by atoms with E-state index >= 15 is 0 Å². The largest absolute Gasteiger partial charge is 0.372 e. The lowest BCUT2D eigenvalue weighted by molar-refractivity contribution is -0.143. The average molecular weight is 409 g/mol. The first-order chi connectivity index (χ1) is 14.0. The Morgan fingerprint density at radius 1 is 1.07 bits per heavy atom. The lowest BCUT2D eigenvalue weighted by Gasteiger charge is -2.35. The van der Waals surface area contributed by atoms with Crippen LogP contribution in [0.1, 0.15) is 25.0 Å². The summed E-state index contributed by atoms with van der Waals surface area (Å²) in [6.07, 6.45) is 2.31. The summed E-state index contributed by atoms with van der Waals surface area (Å²) in [6, 6.07) is 16.9. The molecule has 1 aromatic heterocycles. The van der Waals surface area contributed by atoms with E-state index in [2.05, 4.69) is 60.2 Å². The van der Waals surface area contributed by atoms with Crippen molar-refractivity contribution < 1.29 is 9.53 Å². The number of carbonyl (C=O) groups is 1. The monoisotopic (exact) mass is 408 g/mol. The van der Waals surface area contributed by atoms with Gasteiger partial charge in [-0.05, 0) is 38.0 Å². The quantitative estimate of drug-likeness (QED) is 0.565. The molecule has 1 aliphatic rings. The Kier molecular flexibility index (Phi) is 5.97. The molecule has 0 aliphatic carbocycles. The number of hydrogen-bond donors (Lipinski definition) is 0. The molecule has 4 nitrogen and oxygen atoms in total. The molecule has 29 heavy (non-hydrogen) atoms. The topological polar surface area (TPSA) is 34.5 Å². The van der Waals surface area contributed by atoms with Gasteiger partial charge >= 0.3 is 0 Å². The van der Waals surface area contributed by atoms with Gasteiger partial charge in [-0.15, -0.1) is 11.8 Å². The van der Waals surface area contributed by atoms with Crippen LogP contribution in [0.5, 0.6) is 0 Å². The minimum Gasteiger partial charge on any atom is -0.372 e. The van der Waals surface area contributed by atoms with Gasteiger partial charge in [0.2, 0.25) is 5.91 Å². The molecule has 3 aromatic rings. The summed E-state index contributed by atoms with van der Waals surface area (Å²) in [6.45, 7) is 7.91. The summed E-state index contributed by atoms with van der Waals surface area (Å²) in [7, 11) is 0. The van der Waals surface area contributed by atoms with Gasteiger partial charge in [0.25, 0.3) is 0 Å². The van der Waals surface area contributed by atoms with E-state index in [-0.39, 0.29) is 18.1 Å². The second-order valence-corrected chi connectivity index (χ2v) is 8.93. The first-order valence-corrected chi connectivity index (χ1v) is 11.2. The van der Waals surface area contributed by atoms with Crippen LogP contribution in [0.15, 0.2) is 59.6 Å². The van der Waals surface area contributed by atoms with E-state index in [1.54, 1.807) is 0 Å². The van der Waals surface area contributed by atoms with Gasteiger partial charge in [-0.1, -0.05) is 42.5 Å². The highest BCUT2D eigenvalue weighted by Crippen LogP contribution is 2.32. The van der Waals surface area contributed by atoms with Crippen molar-refractivity contribution in [2.45, 2.75) is 50.2 Å². The highest BCUT2D eigenvalue weighted by Gasteiger charge is 2.26. The van der Waals surface area contributed by atoms with Crippen molar-refractivity contribution in [1.82, 2.24) is 9.47 Å². The minimum atomic E-state index is 0.0873. The Morgan fingerprint density at radius 3 is 2.52 bits per heavy atom. The average Bonchev–Trinajstić information content (AvgIpc) is 3.04. The van der Waals surface area contributed by atoms with Crippen LogP contribution < -0.4 is 0 Å². The number of aryl methyl sites for hydroxylation is 1. The maximum Gasteiger partial charge on any atom is 0.242 e. The molecular weight excluding hydrogens is 380 g/mol. The molecule has 4 rings (SSSR count). The molecule has 1 aliphatic heterocycles. The van der Waals surface area contributed by atoms with E-state index in [4.69, 9.17) is 4.74 Å². The fraction of sp³-hybridized carbons (Fsp3) is 0.375. The van der Waals surface area contributed by atoms with Gasteiger partial charge in [0.1, 0.15) is 6.54 Å². The third-order valence-corrected chi connectivity index (χ3v) is 6.57. The minimum absolute atomic E-state index is 0.0873. The zero-order valence-corrected chi connectivity index (χ0v) is 18.1. The van der Waals surface area contributed by atoms with Gasteiger partial charge in [-0.2, -0.15) is 0 Å². The summed E-state index contributed by atoms with van der Waals surface area (Å²) in [5.41, 5.74) is 3.78. The van der Waals surface area contributed by atoms with Gasteiger partial charge in [0, 0.05) is 40.8 Å². The highest BCUT2D eigenvalue weighted by molar-refractivity contribution is 7.98. The first-order valence-electron chi connectivity index (χ1n) is 10.2. The van der Waals surface area contributed by atoms with Crippen LogP contribution in [-0.4, -0.2) is 40.7 Å². The lowest BCUT2D eigenvalue weighted by Crippen LogP contribution is -2.49. The summed E-state index contributed by atoms with van der Waals surface area (Å²) >= 11 is 1.84. The van der Waals surface area contributed by atoms with Crippen molar-refractivity contribution in [3.05, 3.63) is 65.9 Å². The molecule has 2 heterocycles. The molecule has 2 aromatic carbocycles. The summed E-state index contributed by atoms with van der Waals surface area (Å²) in [5, 5.41) is 1.21. The maximum atomic E-state index is 13.0. The van der Waals surface area contributed by atoms with Crippen molar-refractivity contribution in [3.8, 4) is 0 Å². The molecule has 152 valence electrons. The number of amides is 1. The van der Waals surface area contributed by atoms with E-state index in [9.17, 15) is 4.79 Å². The van der Waals surface area contributed by atoms with E-state index in [0.717, 1.165) is 11.3 Å². The fourth-order valence-corrected chi connectivity index (χ4v) is 5.18. The molecule has 0 saturated carbocycles. The molecule has 1 saturated heterocycles. The standard InChI is InChI=1S/C24H28N2O2S/c1-17-8-4-5-9-20(17)16-29-23-14-25(22-11-7-6-10-21(22)23)15-24(27)26-12-18(2)28-19(3)13-26/h4-11,14,18-19H,12-13,15-16H2,1-3H3/t18-,19-/m0/s1. The second-order valence-electron chi connectivity index (χ2n) is 7.91. The number of carbonyl (C=O) groups excluding carboxylic acids is 1. The van der Waals surface area contributed by atoms with Crippen molar-refractivity contribution in [2.75, 3.05) is 13.1 Å². The number of para-hydroxylation sites is 1. The Balaban J connectivity index is 1.54. The van der Waals surface area contributed by atoms with Crippen LogP contribution >= 0.6 is 11.8 Å². The molecule has 0 bridgehead atoms. The van der Waals surface area contributed by atoms with Crippen LogP contribution in [0, 0.1) is 6.92 Å². The van der Waals surface area contributed by atoms with Gasteiger partial charge in [-0.3, -0.25) is 4.79 Å². The molecule has 0 spiro atoms. The van der Waals surface area contributed by atoms with Gasteiger partial charge in [0.05, 0.1) is 12.2 Å². The fourth-order valence-electron chi connectivity index (χ4n) is 4.01. The number of morpholine rings is 1. The predicted molar refractivity (Wildman–Crippen MR) is 119 cm³/mol. The number of ether oxygens (including phenoxy) is 1. The maximum absolute atomic E-state index is 13.0. The van der Waals surface area contributed by atoms with Crippen LogP contribution in [0.4, 0.5) is 0 Å². The zero-order chi connectivity index (χ0) is 20.4. The number of fused-ring (bicyclic) bond motifs is 1. The number of rotatable bonds is 5. The van der Waals surface area contributed by atoms with Crippen LogP contribution in [-0.2, 0) is 21.8 Å². The van der Waals surface area contributed by atoms with Crippen molar-refractivity contribution in [3.63, 3.8) is 0 Å². The summed E-state index contributed by atoms with van der Waals surface area (Å²) < 4.78 is 7.87. The van der Waals surface area contributed by atoms with Crippen molar-refractivity contribution in [1.29, 1.82) is 0 Å². The number of nitrogens with zero attached hydrogens (tertiary/aromatic N) is 2. The molecule has 0 unspecified atom stereocenters. The first kappa shape index (κ1) is 20.0. The Hall–Kier alpha value is -2.24. The van der Waals surface area contributed by atoms with E-state index in [1.165, 1.54) is 21.4 Å². The van der Waals surface area contributed by atoms with Gasteiger partial charge in [0.15, 0.2) is 0 Å². The summed E-state index contributed by atoms with van der Waals surface area (Å²) in [4.78, 5) is 16.1. The highest BCUT2D eigenvalue weighted by atomic mass is 32.2. The molecular formula is C24H28N2O2S. The Labute approximate surface area is 176 Å². The van der Waals surface area contributed by atoms with Crippen molar-refractivity contribution >= 4 is 28.6 Å². The van der Waals surface area contributed by atoms with Crippen LogP contribution in [0.2, 0.25) is 0 Å². The number of benzene rings is 2. The third-order valence-electron chi connectivity index (χ3n) is 5.47. The Morgan fingerprint density at radius 2 is 1.76 bits per heavy atom. The summed E-state index contributed by atoms with van der Waals surface area (Å²) in [5.74, 6) is 1.08. The van der Waals surface area contributed by atoms with Gasteiger partial charge in [-0.25, -0.2) is 0 Å². The van der Waals surface area contributed by atoms with Crippen LogP contribution in [0.3, 0.4) is 0 Å².